The standard InChI is InChI=1S/C20H25N3O2/c21-19(25)17-8-11-22-18(13-17)23-12-4-9-20(14-23,15-24)10-7-16-5-2-1-3-6-16/h1-3,5-6,8,11,13,24H,4,7,9-10,12,14-15H2,(H2,21,25)/t20-/m0/s1. The number of piperidine rings is 1. The minimum Gasteiger partial charge on any atom is -0.396 e. The Bertz CT molecular complexity index is 720. The molecule has 0 bridgehead atoms. The van der Waals surface area contributed by atoms with Crippen LogP contribution in [-0.2, 0) is 6.42 Å². The zero-order valence-electron chi connectivity index (χ0n) is 14.4. The van der Waals surface area contributed by atoms with Crippen molar-refractivity contribution in [2.45, 2.75) is 25.7 Å². The summed E-state index contributed by atoms with van der Waals surface area (Å²) in [5, 5.41) is 10.1. The molecule has 132 valence electrons. The highest BCUT2D eigenvalue weighted by Crippen LogP contribution is 2.36. The van der Waals surface area contributed by atoms with Crippen LogP contribution in [-0.4, -0.2) is 35.7 Å². The predicted molar refractivity (Wildman–Crippen MR) is 98.5 cm³/mol. The minimum atomic E-state index is -0.446. The molecular weight excluding hydrogens is 314 g/mol. The molecule has 0 radical (unpaired) electrons. The SMILES string of the molecule is NC(=O)c1ccnc(N2CCC[C@](CO)(CCc3ccccc3)C2)c1. The van der Waals surface area contributed by atoms with Crippen molar-refractivity contribution in [1.82, 2.24) is 4.98 Å². The van der Waals surface area contributed by atoms with Crippen LogP contribution in [0.5, 0.6) is 0 Å². The number of anilines is 1. The van der Waals surface area contributed by atoms with Gasteiger partial charge in [0.15, 0.2) is 0 Å². The molecule has 1 aliphatic heterocycles. The fraction of sp³-hybridized carbons (Fsp3) is 0.400. The topological polar surface area (TPSA) is 79.5 Å². The van der Waals surface area contributed by atoms with Gasteiger partial charge >= 0.3 is 0 Å². The summed E-state index contributed by atoms with van der Waals surface area (Å²) >= 11 is 0. The lowest BCUT2D eigenvalue weighted by molar-refractivity contribution is 0.0961. The van der Waals surface area contributed by atoms with Crippen molar-refractivity contribution < 1.29 is 9.90 Å². The Morgan fingerprint density at radius 2 is 2.08 bits per heavy atom. The van der Waals surface area contributed by atoms with E-state index >= 15 is 0 Å². The highest BCUT2D eigenvalue weighted by Gasteiger charge is 2.35. The van der Waals surface area contributed by atoms with E-state index in [1.165, 1.54) is 5.56 Å². The number of hydrogen-bond acceptors (Lipinski definition) is 4. The van der Waals surface area contributed by atoms with Gasteiger partial charge in [-0.1, -0.05) is 30.3 Å². The zero-order chi connectivity index (χ0) is 17.7. The molecule has 3 rings (SSSR count). The number of benzene rings is 1. The Balaban J connectivity index is 1.73. The van der Waals surface area contributed by atoms with Gasteiger partial charge in [-0.3, -0.25) is 4.79 Å². The summed E-state index contributed by atoms with van der Waals surface area (Å²) in [6, 6.07) is 13.7. The molecule has 1 fully saturated rings. The first-order chi connectivity index (χ1) is 12.1. The second-order valence-electron chi connectivity index (χ2n) is 6.94. The lowest BCUT2D eigenvalue weighted by Gasteiger charge is -2.42. The van der Waals surface area contributed by atoms with E-state index in [-0.39, 0.29) is 12.0 Å². The van der Waals surface area contributed by atoms with Gasteiger partial charge in [-0.05, 0) is 43.4 Å². The van der Waals surface area contributed by atoms with Gasteiger partial charge < -0.3 is 15.7 Å². The smallest absolute Gasteiger partial charge is 0.248 e. The number of aliphatic hydroxyl groups excluding tert-OH is 1. The Kier molecular flexibility index (Phi) is 5.34. The van der Waals surface area contributed by atoms with Crippen molar-refractivity contribution in [1.29, 1.82) is 0 Å². The van der Waals surface area contributed by atoms with Crippen molar-refractivity contribution in [2.24, 2.45) is 11.1 Å². The van der Waals surface area contributed by atoms with Crippen LogP contribution >= 0.6 is 0 Å². The average Bonchev–Trinajstić information content (AvgIpc) is 2.67. The van der Waals surface area contributed by atoms with Gasteiger partial charge in [-0.25, -0.2) is 4.98 Å². The van der Waals surface area contributed by atoms with Gasteiger partial charge in [0.05, 0.1) is 6.61 Å². The lowest BCUT2D eigenvalue weighted by Crippen LogP contribution is -2.46. The van der Waals surface area contributed by atoms with Crippen LogP contribution in [0.4, 0.5) is 5.82 Å². The average molecular weight is 339 g/mol. The van der Waals surface area contributed by atoms with E-state index in [0.717, 1.165) is 44.6 Å². The Labute approximate surface area is 148 Å². The summed E-state index contributed by atoms with van der Waals surface area (Å²) in [5.74, 6) is 0.312. The summed E-state index contributed by atoms with van der Waals surface area (Å²) in [5.41, 5.74) is 7.00. The number of aryl methyl sites for hydroxylation is 1. The molecule has 25 heavy (non-hydrogen) atoms. The maximum atomic E-state index is 11.4. The van der Waals surface area contributed by atoms with Gasteiger partial charge in [0.1, 0.15) is 5.82 Å². The summed E-state index contributed by atoms with van der Waals surface area (Å²) in [7, 11) is 0. The molecule has 2 heterocycles. The third-order valence-electron chi connectivity index (χ3n) is 5.14. The summed E-state index contributed by atoms with van der Waals surface area (Å²) in [6.45, 7) is 1.78. The maximum Gasteiger partial charge on any atom is 0.248 e. The molecule has 0 aliphatic carbocycles. The molecular formula is C20H25N3O2. The second kappa shape index (κ2) is 7.66. The van der Waals surface area contributed by atoms with E-state index in [2.05, 4.69) is 22.0 Å². The first kappa shape index (κ1) is 17.4. The molecule has 1 aliphatic rings. The Morgan fingerprint density at radius 1 is 1.28 bits per heavy atom. The number of nitrogens with zero attached hydrogens (tertiary/aromatic N) is 2. The highest BCUT2D eigenvalue weighted by molar-refractivity contribution is 5.93. The van der Waals surface area contributed by atoms with Crippen molar-refractivity contribution in [3.63, 3.8) is 0 Å². The predicted octanol–water partition coefficient (Wildman–Crippen LogP) is 2.39. The largest absolute Gasteiger partial charge is 0.396 e. The van der Waals surface area contributed by atoms with Crippen LogP contribution in [0.2, 0.25) is 0 Å². The first-order valence-corrected chi connectivity index (χ1v) is 8.77. The van der Waals surface area contributed by atoms with E-state index in [4.69, 9.17) is 5.73 Å². The van der Waals surface area contributed by atoms with E-state index in [0.29, 0.717) is 5.56 Å². The van der Waals surface area contributed by atoms with Crippen LogP contribution in [0.3, 0.4) is 0 Å². The molecule has 0 unspecified atom stereocenters. The van der Waals surface area contributed by atoms with Crippen LogP contribution in [0.15, 0.2) is 48.7 Å². The number of amides is 1. The molecule has 5 nitrogen and oxygen atoms in total. The molecule has 5 heteroatoms. The Hall–Kier alpha value is -2.40. The molecule has 3 N–H and O–H groups in total. The fourth-order valence-electron chi connectivity index (χ4n) is 3.61. The number of nitrogens with two attached hydrogens (primary N) is 1. The van der Waals surface area contributed by atoms with E-state index in [1.807, 2.05) is 18.2 Å². The maximum absolute atomic E-state index is 11.4. The van der Waals surface area contributed by atoms with E-state index < -0.39 is 5.91 Å². The second-order valence-corrected chi connectivity index (χ2v) is 6.94. The van der Waals surface area contributed by atoms with Gasteiger partial charge in [0, 0.05) is 30.3 Å². The monoisotopic (exact) mass is 339 g/mol. The molecule has 1 aromatic carbocycles. The molecule has 0 saturated carbocycles. The van der Waals surface area contributed by atoms with Gasteiger partial charge in [0.25, 0.3) is 0 Å². The van der Waals surface area contributed by atoms with Crippen molar-refractivity contribution in [3.05, 3.63) is 59.8 Å². The molecule has 0 spiro atoms. The molecule has 1 aromatic heterocycles. The summed E-state index contributed by atoms with van der Waals surface area (Å²) < 4.78 is 0. The molecule has 1 amide bonds. The number of aromatic nitrogens is 1. The highest BCUT2D eigenvalue weighted by atomic mass is 16.3. The fourth-order valence-corrected chi connectivity index (χ4v) is 3.61. The van der Waals surface area contributed by atoms with Gasteiger partial charge in [-0.15, -0.1) is 0 Å². The van der Waals surface area contributed by atoms with Crippen molar-refractivity contribution in [2.75, 3.05) is 24.6 Å². The summed E-state index contributed by atoms with van der Waals surface area (Å²) in [4.78, 5) is 18.0. The van der Waals surface area contributed by atoms with Crippen LogP contribution < -0.4 is 10.6 Å². The van der Waals surface area contributed by atoms with Gasteiger partial charge in [-0.2, -0.15) is 0 Å². The third-order valence-corrected chi connectivity index (χ3v) is 5.14. The molecule has 2 aromatic rings. The van der Waals surface area contributed by atoms with Crippen molar-refractivity contribution in [3.8, 4) is 0 Å². The lowest BCUT2D eigenvalue weighted by atomic mass is 9.76. The van der Waals surface area contributed by atoms with Crippen LogP contribution in [0.1, 0.15) is 35.2 Å². The minimum absolute atomic E-state index is 0.140. The number of rotatable bonds is 6. The van der Waals surface area contributed by atoms with Gasteiger partial charge in [0.2, 0.25) is 5.91 Å². The molecule has 1 saturated heterocycles. The zero-order valence-corrected chi connectivity index (χ0v) is 14.4. The van der Waals surface area contributed by atoms with E-state index in [9.17, 15) is 9.90 Å². The number of pyridine rings is 1. The molecule has 1 atom stereocenters. The van der Waals surface area contributed by atoms with E-state index in [1.54, 1.807) is 18.3 Å². The summed E-state index contributed by atoms with van der Waals surface area (Å²) in [6.07, 6.45) is 5.50. The quantitative estimate of drug-likeness (QED) is 0.847. The number of primary amides is 1. The number of aliphatic hydroxyl groups is 1. The Morgan fingerprint density at radius 3 is 2.80 bits per heavy atom. The first-order valence-electron chi connectivity index (χ1n) is 8.77. The third kappa shape index (κ3) is 4.17. The number of carbonyl (C=O) groups excluding carboxylic acids is 1. The van der Waals surface area contributed by atoms with Crippen molar-refractivity contribution >= 4 is 11.7 Å². The number of hydrogen-bond donors (Lipinski definition) is 2. The van der Waals surface area contributed by atoms with Crippen LogP contribution in [0, 0.1) is 5.41 Å². The van der Waals surface area contributed by atoms with Crippen LogP contribution in [0.25, 0.3) is 0 Å². The normalized spacial score (nSPS) is 20.4. The number of carbonyl (C=O) groups is 1.